The molecule has 0 unspecified atom stereocenters. The van der Waals surface area contributed by atoms with Gasteiger partial charge in [-0.05, 0) is 30.2 Å². The molecule has 1 aromatic carbocycles. The molecule has 0 aliphatic rings. The molecule has 0 atom stereocenters. The van der Waals surface area contributed by atoms with Crippen molar-refractivity contribution in [1.29, 1.82) is 0 Å². The molecule has 20 heavy (non-hydrogen) atoms. The third-order valence-corrected chi connectivity index (χ3v) is 2.48. The molecule has 0 N–H and O–H groups in total. The van der Waals surface area contributed by atoms with Crippen molar-refractivity contribution in [3.63, 3.8) is 0 Å². The molecule has 0 aliphatic carbocycles. The van der Waals surface area contributed by atoms with Gasteiger partial charge in [0.15, 0.2) is 0 Å². The Bertz CT molecular complexity index is 489. The van der Waals surface area contributed by atoms with Crippen molar-refractivity contribution in [1.82, 2.24) is 0 Å². The van der Waals surface area contributed by atoms with E-state index in [0.717, 1.165) is 5.56 Å². The first-order valence-corrected chi connectivity index (χ1v) is 6.22. The Hall–Kier alpha value is -2.17. The van der Waals surface area contributed by atoms with Gasteiger partial charge in [-0.1, -0.05) is 19.1 Å². The predicted octanol–water partition coefficient (Wildman–Crippen LogP) is 3.07. The number of carbonyl (C=O) groups is 2. The summed E-state index contributed by atoms with van der Waals surface area (Å²) in [5, 5.41) is 0. The Labute approximate surface area is 117 Å². The Kier molecular flexibility index (Phi) is 5.90. The maximum atomic E-state index is 12.8. The van der Waals surface area contributed by atoms with Gasteiger partial charge in [-0.3, -0.25) is 9.59 Å². The topological polar surface area (TPSA) is 52.6 Å². The first-order valence-electron chi connectivity index (χ1n) is 6.22. The third-order valence-electron chi connectivity index (χ3n) is 2.48. The molecule has 108 valence electrons. The lowest BCUT2D eigenvalue weighted by atomic mass is 10.1. The number of hydrogen-bond donors (Lipinski definition) is 0. The van der Waals surface area contributed by atoms with Gasteiger partial charge in [-0.2, -0.15) is 0 Å². The first-order chi connectivity index (χ1) is 9.42. The molecule has 1 aromatic rings. The molecule has 0 spiro atoms. The molecule has 0 saturated carbocycles. The number of carbonyl (C=O) groups excluding carboxylic acids is 2. The zero-order valence-corrected chi connectivity index (χ0v) is 11.7. The van der Waals surface area contributed by atoms with E-state index in [1.165, 1.54) is 26.0 Å². The quantitative estimate of drug-likeness (QED) is 0.614. The first kappa shape index (κ1) is 15.9. The van der Waals surface area contributed by atoms with Crippen molar-refractivity contribution in [3.05, 3.63) is 41.2 Å². The zero-order chi connectivity index (χ0) is 15.1. The molecular weight excluding hydrogens is 263 g/mol. The van der Waals surface area contributed by atoms with Crippen LogP contribution in [-0.4, -0.2) is 18.2 Å². The van der Waals surface area contributed by atoms with Crippen LogP contribution in [-0.2, 0) is 19.1 Å². The molecule has 0 heterocycles. The van der Waals surface area contributed by atoms with Crippen LogP contribution in [0.3, 0.4) is 0 Å². The number of halogens is 1. The van der Waals surface area contributed by atoms with Crippen LogP contribution < -0.4 is 0 Å². The Balaban J connectivity index is 3.01. The van der Waals surface area contributed by atoms with Crippen LogP contribution in [0.4, 0.5) is 4.39 Å². The Morgan fingerprint density at radius 1 is 1.15 bits per heavy atom. The standard InChI is InChI=1S/C15H17FO4/c1-4-13(9-12-5-7-14(16)8-6-12)15(19-10(2)17)20-11(3)18/h5-9,15H,4H2,1-3H3/b13-9+. The molecule has 0 fully saturated rings. The van der Waals surface area contributed by atoms with E-state index in [1.54, 1.807) is 18.2 Å². The molecule has 0 saturated heterocycles. The summed E-state index contributed by atoms with van der Waals surface area (Å²) in [5.74, 6) is -1.43. The highest BCUT2D eigenvalue weighted by atomic mass is 19.1. The average Bonchev–Trinajstić information content (AvgIpc) is 2.36. The highest BCUT2D eigenvalue weighted by Crippen LogP contribution is 2.18. The van der Waals surface area contributed by atoms with E-state index in [2.05, 4.69) is 0 Å². The lowest BCUT2D eigenvalue weighted by Crippen LogP contribution is -2.24. The van der Waals surface area contributed by atoms with Crippen LogP contribution in [0.1, 0.15) is 32.8 Å². The van der Waals surface area contributed by atoms with Gasteiger partial charge in [0.25, 0.3) is 6.29 Å². The lowest BCUT2D eigenvalue weighted by Gasteiger charge is -2.19. The van der Waals surface area contributed by atoms with Gasteiger partial charge in [0, 0.05) is 19.4 Å². The summed E-state index contributed by atoms with van der Waals surface area (Å²) in [7, 11) is 0. The summed E-state index contributed by atoms with van der Waals surface area (Å²) in [4.78, 5) is 22.1. The summed E-state index contributed by atoms with van der Waals surface area (Å²) in [6.45, 7) is 4.32. The Morgan fingerprint density at radius 3 is 2.05 bits per heavy atom. The summed E-state index contributed by atoms with van der Waals surface area (Å²) < 4.78 is 22.8. The fraction of sp³-hybridized carbons (Fsp3) is 0.333. The second-order valence-electron chi connectivity index (χ2n) is 4.18. The lowest BCUT2D eigenvalue weighted by molar-refractivity contribution is -0.178. The molecule has 0 amide bonds. The van der Waals surface area contributed by atoms with Crippen molar-refractivity contribution in [2.45, 2.75) is 33.5 Å². The maximum Gasteiger partial charge on any atom is 0.305 e. The highest BCUT2D eigenvalue weighted by Gasteiger charge is 2.19. The normalized spacial score (nSPS) is 11.3. The zero-order valence-electron chi connectivity index (χ0n) is 11.7. The molecule has 0 radical (unpaired) electrons. The van der Waals surface area contributed by atoms with E-state index in [0.29, 0.717) is 12.0 Å². The Morgan fingerprint density at radius 2 is 1.65 bits per heavy atom. The fourth-order valence-corrected chi connectivity index (χ4v) is 1.59. The van der Waals surface area contributed by atoms with Crippen molar-refractivity contribution in [2.24, 2.45) is 0 Å². The minimum Gasteiger partial charge on any atom is -0.421 e. The van der Waals surface area contributed by atoms with E-state index in [1.807, 2.05) is 6.92 Å². The van der Waals surface area contributed by atoms with E-state index in [9.17, 15) is 14.0 Å². The number of ether oxygens (including phenoxy) is 2. The van der Waals surface area contributed by atoms with Gasteiger partial charge in [-0.25, -0.2) is 4.39 Å². The second-order valence-corrected chi connectivity index (χ2v) is 4.18. The monoisotopic (exact) mass is 280 g/mol. The number of esters is 2. The van der Waals surface area contributed by atoms with E-state index in [-0.39, 0.29) is 5.82 Å². The third kappa shape index (κ3) is 5.22. The molecule has 5 heteroatoms. The van der Waals surface area contributed by atoms with E-state index < -0.39 is 18.2 Å². The molecule has 0 aromatic heterocycles. The van der Waals surface area contributed by atoms with Gasteiger partial charge in [0.1, 0.15) is 5.82 Å². The van der Waals surface area contributed by atoms with Crippen LogP contribution in [0.15, 0.2) is 29.8 Å². The minimum absolute atomic E-state index is 0.336. The molecule has 0 bridgehead atoms. The minimum atomic E-state index is -1.06. The molecular formula is C15H17FO4. The molecule has 0 aliphatic heterocycles. The van der Waals surface area contributed by atoms with Crippen LogP contribution in [0.25, 0.3) is 6.08 Å². The van der Waals surface area contributed by atoms with E-state index in [4.69, 9.17) is 9.47 Å². The highest BCUT2D eigenvalue weighted by molar-refractivity contribution is 5.69. The van der Waals surface area contributed by atoms with Crippen molar-refractivity contribution in [2.75, 3.05) is 0 Å². The summed E-state index contributed by atoms with van der Waals surface area (Å²) in [6, 6.07) is 5.82. The van der Waals surface area contributed by atoms with Crippen LogP contribution in [0.2, 0.25) is 0 Å². The van der Waals surface area contributed by atoms with Gasteiger partial charge in [-0.15, -0.1) is 0 Å². The van der Waals surface area contributed by atoms with Crippen LogP contribution in [0, 0.1) is 5.82 Å². The predicted molar refractivity (Wildman–Crippen MR) is 72.0 cm³/mol. The summed E-state index contributed by atoms with van der Waals surface area (Å²) >= 11 is 0. The second kappa shape index (κ2) is 7.43. The maximum absolute atomic E-state index is 12.8. The summed E-state index contributed by atoms with van der Waals surface area (Å²) in [6.07, 6.45) is 1.17. The molecule has 1 rings (SSSR count). The summed E-state index contributed by atoms with van der Waals surface area (Å²) in [5.41, 5.74) is 1.34. The smallest absolute Gasteiger partial charge is 0.305 e. The van der Waals surface area contributed by atoms with Gasteiger partial charge in [0.2, 0.25) is 0 Å². The largest absolute Gasteiger partial charge is 0.421 e. The van der Waals surface area contributed by atoms with Crippen LogP contribution in [0.5, 0.6) is 0 Å². The number of hydrogen-bond acceptors (Lipinski definition) is 4. The number of rotatable bonds is 5. The van der Waals surface area contributed by atoms with E-state index >= 15 is 0 Å². The fourth-order valence-electron chi connectivity index (χ4n) is 1.59. The van der Waals surface area contributed by atoms with Crippen molar-refractivity contribution >= 4 is 18.0 Å². The van der Waals surface area contributed by atoms with Crippen molar-refractivity contribution < 1.29 is 23.5 Å². The average molecular weight is 280 g/mol. The van der Waals surface area contributed by atoms with Gasteiger partial charge >= 0.3 is 11.9 Å². The molecule has 4 nitrogen and oxygen atoms in total. The van der Waals surface area contributed by atoms with Gasteiger partial charge in [0.05, 0.1) is 0 Å². The van der Waals surface area contributed by atoms with Crippen molar-refractivity contribution in [3.8, 4) is 0 Å². The number of benzene rings is 1. The SMILES string of the molecule is CC/C(=C\c1ccc(F)cc1)C(OC(C)=O)OC(C)=O. The van der Waals surface area contributed by atoms with Gasteiger partial charge < -0.3 is 9.47 Å². The van der Waals surface area contributed by atoms with Crippen LogP contribution >= 0.6 is 0 Å².